The first kappa shape index (κ1) is 13.4. The van der Waals surface area contributed by atoms with Crippen molar-refractivity contribution >= 4 is 17.0 Å². The maximum Gasteiger partial charge on any atom is 0.162 e. The first-order valence-corrected chi connectivity index (χ1v) is 6.96. The number of imidazole rings is 1. The number of rotatable bonds is 6. The van der Waals surface area contributed by atoms with Gasteiger partial charge < -0.3 is 15.0 Å². The Hall–Kier alpha value is -2.63. The van der Waals surface area contributed by atoms with E-state index in [1.165, 1.54) is 6.33 Å². The molecule has 0 aliphatic rings. The number of nitrogens with one attached hydrogen (secondary N) is 2. The molecule has 0 saturated heterocycles. The van der Waals surface area contributed by atoms with Gasteiger partial charge in [0.2, 0.25) is 0 Å². The Morgan fingerprint density at radius 2 is 2.00 bits per heavy atom. The van der Waals surface area contributed by atoms with E-state index in [4.69, 9.17) is 4.74 Å². The fourth-order valence-electron chi connectivity index (χ4n) is 2.00. The third-order valence-electron chi connectivity index (χ3n) is 3.07. The van der Waals surface area contributed by atoms with Gasteiger partial charge in [-0.05, 0) is 24.1 Å². The Kier molecular flexibility index (Phi) is 3.95. The minimum absolute atomic E-state index is 0.674. The van der Waals surface area contributed by atoms with E-state index < -0.39 is 0 Å². The number of anilines is 1. The highest BCUT2D eigenvalue weighted by atomic mass is 16.5. The van der Waals surface area contributed by atoms with Crippen molar-refractivity contribution in [3.05, 3.63) is 42.5 Å². The molecule has 0 amide bonds. The highest BCUT2D eigenvalue weighted by molar-refractivity contribution is 5.81. The van der Waals surface area contributed by atoms with Gasteiger partial charge in [-0.2, -0.15) is 0 Å². The van der Waals surface area contributed by atoms with Crippen molar-refractivity contribution in [2.45, 2.75) is 19.9 Å². The summed E-state index contributed by atoms with van der Waals surface area (Å²) in [4.78, 5) is 15.5. The van der Waals surface area contributed by atoms with Crippen LogP contribution in [0.5, 0.6) is 5.75 Å². The molecule has 0 saturated carbocycles. The number of hydrogen-bond acceptors (Lipinski definition) is 5. The molecular formula is C15H17N5O. The zero-order chi connectivity index (χ0) is 14.5. The molecule has 6 nitrogen and oxygen atoms in total. The molecule has 2 N–H and O–H groups in total. The average Bonchev–Trinajstić information content (AvgIpc) is 3.01. The lowest BCUT2D eigenvalue weighted by atomic mass is 10.2. The van der Waals surface area contributed by atoms with Crippen LogP contribution in [-0.4, -0.2) is 26.5 Å². The smallest absolute Gasteiger partial charge is 0.162 e. The average molecular weight is 283 g/mol. The second-order valence-electron chi connectivity index (χ2n) is 4.67. The van der Waals surface area contributed by atoms with E-state index in [0.717, 1.165) is 41.3 Å². The summed E-state index contributed by atoms with van der Waals surface area (Å²) in [5.74, 6) is 1.63. The highest BCUT2D eigenvalue weighted by Gasteiger charge is 2.05. The molecule has 0 unspecified atom stereocenters. The molecule has 0 aliphatic heterocycles. The molecular weight excluding hydrogens is 266 g/mol. The van der Waals surface area contributed by atoms with E-state index in [1.807, 2.05) is 24.3 Å². The van der Waals surface area contributed by atoms with Crippen LogP contribution in [0.3, 0.4) is 0 Å². The molecule has 0 spiro atoms. The molecule has 108 valence electrons. The lowest BCUT2D eigenvalue weighted by molar-refractivity contribution is 0.317. The van der Waals surface area contributed by atoms with E-state index in [0.29, 0.717) is 6.54 Å². The zero-order valence-electron chi connectivity index (χ0n) is 11.8. The summed E-state index contributed by atoms with van der Waals surface area (Å²) in [6.45, 7) is 3.51. The summed E-state index contributed by atoms with van der Waals surface area (Å²) >= 11 is 0. The van der Waals surface area contributed by atoms with Gasteiger partial charge in [-0.25, -0.2) is 15.0 Å². The van der Waals surface area contributed by atoms with E-state index in [-0.39, 0.29) is 0 Å². The first-order valence-electron chi connectivity index (χ1n) is 6.96. The van der Waals surface area contributed by atoms with E-state index in [1.54, 1.807) is 6.33 Å². The molecule has 2 aromatic heterocycles. The minimum atomic E-state index is 0.674. The minimum Gasteiger partial charge on any atom is -0.494 e. The van der Waals surface area contributed by atoms with Gasteiger partial charge in [-0.15, -0.1) is 0 Å². The molecule has 3 rings (SSSR count). The molecule has 0 aliphatic carbocycles. The highest BCUT2D eigenvalue weighted by Crippen LogP contribution is 2.17. The third-order valence-corrected chi connectivity index (χ3v) is 3.07. The normalized spacial score (nSPS) is 10.7. The maximum atomic E-state index is 5.57. The SMILES string of the molecule is CCCOc1ccc(CNc2ncnc3[nH]cnc23)cc1. The molecule has 1 aromatic carbocycles. The molecule has 2 heterocycles. The lowest BCUT2D eigenvalue weighted by Gasteiger charge is -2.08. The second kappa shape index (κ2) is 6.21. The van der Waals surface area contributed by atoms with Crippen molar-refractivity contribution in [1.29, 1.82) is 0 Å². The van der Waals surface area contributed by atoms with Gasteiger partial charge in [0, 0.05) is 6.54 Å². The molecule has 0 radical (unpaired) electrons. The predicted molar refractivity (Wildman–Crippen MR) is 81.2 cm³/mol. The Morgan fingerprint density at radius 1 is 1.14 bits per heavy atom. The summed E-state index contributed by atoms with van der Waals surface area (Å²) in [7, 11) is 0. The third kappa shape index (κ3) is 3.10. The van der Waals surface area contributed by atoms with Gasteiger partial charge in [0.25, 0.3) is 0 Å². The van der Waals surface area contributed by atoms with Crippen LogP contribution in [0.1, 0.15) is 18.9 Å². The van der Waals surface area contributed by atoms with Gasteiger partial charge in [-0.1, -0.05) is 19.1 Å². The summed E-state index contributed by atoms with van der Waals surface area (Å²) in [6, 6.07) is 8.05. The fraction of sp³-hybridized carbons (Fsp3) is 0.267. The number of ether oxygens (including phenoxy) is 1. The fourth-order valence-corrected chi connectivity index (χ4v) is 2.00. The molecule has 0 atom stereocenters. The second-order valence-corrected chi connectivity index (χ2v) is 4.67. The van der Waals surface area contributed by atoms with Crippen LogP contribution in [-0.2, 0) is 6.54 Å². The molecule has 21 heavy (non-hydrogen) atoms. The predicted octanol–water partition coefficient (Wildman–Crippen LogP) is 2.75. The Balaban J connectivity index is 1.66. The number of H-pyrrole nitrogens is 1. The van der Waals surface area contributed by atoms with Crippen molar-refractivity contribution < 1.29 is 4.74 Å². The summed E-state index contributed by atoms with van der Waals surface area (Å²) < 4.78 is 5.57. The van der Waals surface area contributed by atoms with Gasteiger partial charge in [0.05, 0.1) is 12.9 Å². The number of aromatic amines is 1. The topological polar surface area (TPSA) is 75.7 Å². The first-order chi connectivity index (χ1) is 10.4. The molecule has 0 fully saturated rings. The van der Waals surface area contributed by atoms with Crippen molar-refractivity contribution in [3.8, 4) is 5.75 Å². The summed E-state index contributed by atoms with van der Waals surface area (Å²) in [6.07, 6.45) is 4.14. The number of fused-ring (bicyclic) bond motifs is 1. The molecule has 6 heteroatoms. The van der Waals surface area contributed by atoms with Crippen molar-refractivity contribution in [2.75, 3.05) is 11.9 Å². The van der Waals surface area contributed by atoms with Crippen molar-refractivity contribution in [2.24, 2.45) is 0 Å². The molecule has 3 aromatic rings. The van der Waals surface area contributed by atoms with E-state index in [9.17, 15) is 0 Å². The van der Waals surface area contributed by atoms with Crippen LogP contribution in [0.4, 0.5) is 5.82 Å². The van der Waals surface area contributed by atoms with Gasteiger partial charge in [-0.3, -0.25) is 0 Å². The Morgan fingerprint density at radius 3 is 2.81 bits per heavy atom. The summed E-state index contributed by atoms with van der Waals surface area (Å²) in [5, 5.41) is 3.28. The number of benzene rings is 1. The van der Waals surface area contributed by atoms with Crippen LogP contribution in [0, 0.1) is 0 Å². The standard InChI is InChI=1S/C15H17N5O/c1-2-7-21-12-5-3-11(4-6-12)8-16-14-13-15(18-9-17-13)20-10-19-14/h3-6,9-10H,2,7-8H2,1H3,(H2,16,17,18,19,20). The van der Waals surface area contributed by atoms with Gasteiger partial charge >= 0.3 is 0 Å². The Labute approximate surface area is 122 Å². The Bertz CT molecular complexity index is 707. The van der Waals surface area contributed by atoms with Crippen molar-refractivity contribution in [1.82, 2.24) is 19.9 Å². The van der Waals surface area contributed by atoms with Crippen LogP contribution < -0.4 is 10.1 Å². The lowest BCUT2D eigenvalue weighted by Crippen LogP contribution is -2.02. The zero-order valence-corrected chi connectivity index (χ0v) is 11.8. The number of nitrogens with zero attached hydrogens (tertiary/aromatic N) is 3. The van der Waals surface area contributed by atoms with E-state index >= 15 is 0 Å². The number of aromatic nitrogens is 4. The largest absolute Gasteiger partial charge is 0.494 e. The molecule has 0 bridgehead atoms. The monoisotopic (exact) mass is 283 g/mol. The maximum absolute atomic E-state index is 5.57. The van der Waals surface area contributed by atoms with Crippen molar-refractivity contribution in [3.63, 3.8) is 0 Å². The number of hydrogen-bond donors (Lipinski definition) is 2. The van der Waals surface area contributed by atoms with Crippen LogP contribution in [0.25, 0.3) is 11.2 Å². The van der Waals surface area contributed by atoms with Crippen LogP contribution in [0.2, 0.25) is 0 Å². The van der Waals surface area contributed by atoms with E-state index in [2.05, 4.69) is 32.2 Å². The van der Waals surface area contributed by atoms with Gasteiger partial charge in [0.15, 0.2) is 11.5 Å². The van der Waals surface area contributed by atoms with Crippen LogP contribution in [0.15, 0.2) is 36.9 Å². The summed E-state index contributed by atoms with van der Waals surface area (Å²) in [5.41, 5.74) is 2.64. The van der Waals surface area contributed by atoms with Gasteiger partial charge in [0.1, 0.15) is 17.6 Å². The van der Waals surface area contributed by atoms with Crippen LogP contribution >= 0.6 is 0 Å². The quantitative estimate of drug-likeness (QED) is 0.727.